The second-order valence-electron chi connectivity index (χ2n) is 22.1. The van der Waals surface area contributed by atoms with Gasteiger partial charge in [-0.2, -0.15) is 0 Å². The zero-order valence-electron chi connectivity index (χ0n) is 48.0. The van der Waals surface area contributed by atoms with E-state index in [1.54, 1.807) is 6.08 Å². The first-order chi connectivity index (χ1) is 35.0. The predicted octanol–water partition coefficient (Wildman–Crippen LogP) is 20.2. The van der Waals surface area contributed by atoms with Gasteiger partial charge in [-0.05, 0) is 57.8 Å². The number of aliphatic hydroxyl groups is 2. The van der Waals surface area contributed by atoms with Crippen LogP contribution in [0.25, 0.3) is 0 Å². The van der Waals surface area contributed by atoms with Crippen molar-refractivity contribution in [3.8, 4) is 0 Å². The molecule has 6 nitrogen and oxygen atoms in total. The first-order valence-corrected chi connectivity index (χ1v) is 32.1. The molecule has 1 amide bonds. The van der Waals surface area contributed by atoms with Gasteiger partial charge in [0.2, 0.25) is 5.91 Å². The number of ether oxygens (including phenoxy) is 1. The van der Waals surface area contributed by atoms with Crippen molar-refractivity contribution >= 4 is 11.9 Å². The quantitative estimate of drug-likeness (QED) is 0.0320. The van der Waals surface area contributed by atoms with Gasteiger partial charge in [0.25, 0.3) is 0 Å². The summed E-state index contributed by atoms with van der Waals surface area (Å²) in [6, 6.07) is -0.627. The highest BCUT2D eigenvalue weighted by Crippen LogP contribution is 2.18. The van der Waals surface area contributed by atoms with Gasteiger partial charge in [0.1, 0.15) is 0 Å². The zero-order chi connectivity index (χ0) is 51.4. The minimum Gasteiger partial charge on any atom is -0.466 e. The number of allylic oxidation sites excluding steroid dienone is 3. The molecule has 71 heavy (non-hydrogen) atoms. The van der Waals surface area contributed by atoms with Crippen LogP contribution in [0.2, 0.25) is 0 Å². The highest BCUT2D eigenvalue weighted by Gasteiger charge is 2.18. The van der Waals surface area contributed by atoms with Crippen molar-refractivity contribution in [3.05, 3.63) is 24.3 Å². The minimum atomic E-state index is -0.844. The molecule has 0 spiro atoms. The SMILES string of the molecule is CCCCCCC/C=C\CCCCCCCC(=O)OCCCCCCCCCCCCCCCCCCCCCCCCCC(=O)NC(CO)C(O)/C=C/CCCCCCCCCCCCCCCCC. The predicted molar refractivity (Wildman–Crippen MR) is 310 cm³/mol. The second-order valence-corrected chi connectivity index (χ2v) is 22.1. The smallest absolute Gasteiger partial charge is 0.305 e. The third kappa shape index (κ3) is 57.5. The maximum absolute atomic E-state index is 12.5. The number of hydrogen-bond donors (Lipinski definition) is 3. The molecule has 0 aromatic heterocycles. The number of nitrogens with one attached hydrogen (secondary N) is 1. The molecule has 2 atom stereocenters. The molecule has 0 rings (SSSR count). The Morgan fingerprint density at radius 3 is 1.00 bits per heavy atom. The molecule has 0 aromatic carbocycles. The molecule has 0 aliphatic rings. The van der Waals surface area contributed by atoms with E-state index in [0.717, 1.165) is 44.9 Å². The molecule has 0 aromatic rings. The lowest BCUT2D eigenvalue weighted by atomic mass is 10.0. The van der Waals surface area contributed by atoms with Crippen molar-refractivity contribution in [2.24, 2.45) is 0 Å². The summed E-state index contributed by atoms with van der Waals surface area (Å²) in [6.07, 6.45) is 75.1. The molecule has 0 saturated heterocycles. The molecule has 3 N–H and O–H groups in total. The maximum Gasteiger partial charge on any atom is 0.305 e. The van der Waals surface area contributed by atoms with Crippen LogP contribution >= 0.6 is 0 Å². The maximum atomic E-state index is 12.5. The van der Waals surface area contributed by atoms with Crippen LogP contribution in [-0.4, -0.2) is 47.4 Å². The zero-order valence-corrected chi connectivity index (χ0v) is 48.0. The highest BCUT2D eigenvalue weighted by molar-refractivity contribution is 5.76. The molecule has 0 saturated carbocycles. The van der Waals surface area contributed by atoms with E-state index in [0.29, 0.717) is 19.4 Å². The summed E-state index contributed by atoms with van der Waals surface area (Å²) in [5.41, 5.74) is 0. The van der Waals surface area contributed by atoms with Crippen LogP contribution in [0.1, 0.15) is 354 Å². The standard InChI is InChI=1S/C65H125NO5/c1-3-5-7-9-11-13-15-17-19-27-30-33-37-41-45-49-53-57-63(68)62(61-67)66-64(69)58-54-50-46-42-38-34-31-28-25-23-21-20-22-24-26-29-32-36-40-44-48-52-56-60-71-65(70)59-55-51-47-43-39-35-18-16-14-12-10-8-6-4-2/h16,18,53,57,62-63,67-68H,3-15,17,19-52,54-56,58-61H2,1-2H3,(H,66,69)/b18-16-,57-53+. The number of esters is 1. The van der Waals surface area contributed by atoms with E-state index in [-0.39, 0.29) is 18.5 Å². The van der Waals surface area contributed by atoms with Gasteiger partial charge >= 0.3 is 5.97 Å². The molecular weight excluding hydrogens is 875 g/mol. The molecule has 0 heterocycles. The van der Waals surface area contributed by atoms with Crippen molar-refractivity contribution in [2.75, 3.05) is 13.2 Å². The average molecular weight is 1000 g/mol. The Morgan fingerprint density at radius 2 is 0.662 bits per heavy atom. The van der Waals surface area contributed by atoms with Gasteiger partial charge in [-0.25, -0.2) is 0 Å². The fraction of sp³-hybridized carbons (Fsp3) is 0.908. The van der Waals surface area contributed by atoms with Gasteiger partial charge in [-0.1, -0.05) is 308 Å². The number of unbranched alkanes of at least 4 members (excludes halogenated alkanes) is 47. The third-order valence-electron chi connectivity index (χ3n) is 15.0. The lowest BCUT2D eigenvalue weighted by Gasteiger charge is -2.20. The number of hydrogen-bond acceptors (Lipinski definition) is 5. The van der Waals surface area contributed by atoms with E-state index in [1.165, 1.54) is 283 Å². The van der Waals surface area contributed by atoms with E-state index in [4.69, 9.17) is 4.74 Å². The summed E-state index contributed by atoms with van der Waals surface area (Å²) in [7, 11) is 0. The summed E-state index contributed by atoms with van der Waals surface area (Å²) >= 11 is 0. The highest BCUT2D eigenvalue weighted by atomic mass is 16.5. The molecule has 2 unspecified atom stereocenters. The van der Waals surface area contributed by atoms with Crippen molar-refractivity contribution in [2.45, 2.75) is 366 Å². The van der Waals surface area contributed by atoms with Crippen LogP contribution < -0.4 is 5.32 Å². The van der Waals surface area contributed by atoms with Crippen LogP contribution in [0, 0.1) is 0 Å². The molecule has 0 aliphatic heterocycles. The Bertz CT molecular complexity index is 1110. The number of carbonyl (C=O) groups excluding carboxylic acids is 2. The van der Waals surface area contributed by atoms with Crippen LogP contribution in [-0.2, 0) is 14.3 Å². The second kappa shape index (κ2) is 60.9. The Labute approximate surface area is 443 Å². The fourth-order valence-electron chi connectivity index (χ4n) is 10.0. The Kier molecular flexibility index (Phi) is 59.5. The molecular formula is C65H125NO5. The van der Waals surface area contributed by atoms with Gasteiger partial charge in [-0.15, -0.1) is 0 Å². The first kappa shape index (κ1) is 69.3. The van der Waals surface area contributed by atoms with Crippen LogP contribution in [0.3, 0.4) is 0 Å². The van der Waals surface area contributed by atoms with Gasteiger partial charge in [0, 0.05) is 12.8 Å². The minimum absolute atomic E-state index is 0.00576. The van der Waals surface area contributed by atoms with Gasteiger partial charge in [-0.3, -0.25) is 9.59 Å². The third-order valence-corrected chi connectivity index (χ3v) is 15.0. The summed E-state index contributed by atoms with van der Waals surface area (Å²) < 4.78 is 5.48. The summed E-state index contributed by atoms with van der Waals surface area (Å²) in [4.78, 5) is 24.5. The van der Waals surface area contributed by atoms with Crippen molar-refractivity contribution in [1.82, 2.24) is 5.32 Å². The van der Waals surface area contributed by atoms with E-state index in [1.807, 2.05) is 6.08 Å². The lowest BCUT2D eigenvalue weighted by molar-refractivity contribution is -0.143. The fourth-order valence-corrected chi connectivity index (χ4v) is 10.0. The topological polar surface area (TPSA) is 95.9 Å². The number of rotatable bonds is 60. The Morgan fingerprint density at radius 1 is 0.380 bits per heavy atom. The molecule has 6 heteroatoms. The molecule has 0 aliphatic carbocycles. The number of amides is 1. The average Bonchev–Trinajstić information content (AvgIpc) is 3.37. The van der Waals surface area contributed by atoms with E-state index in [9.17, 15) is 19.8 Å². The van der Waals surface area contributed by atoms with E-state index in [2.05, 4.69) is 31.3 Å². The van der Waals surface area contributed by atoms with E-state index < -0.39 is 12.1 Å². The van der Waals surface area contributed by atoms with Crippen molar-refractivity contribution in [3.63, 3.8) is 0 Å². The summed E-state index contributed by atoms with van der Waals surface area (Å²) in [6.45, 7) is 4.92. The number of carbonyl (C=O) groups is 2. The summed E-state index contributed by atoms with van der Waals surface area (Å²) in [5.74, 6) is -0.0592. The number of aliphatic hydroxyl groups excluding tert-OH is 2. The van der Waals surface area contributed by atoms with Crippen LogP contribution in [0.4, 0.5) is 0 Å². The van der Waals surface area contributed by atoms with Gasteiger partial charge < -0.3 is 20.3 Å². The molecule has 0 fully saturated rings. The van der Waals surface area contributed by atoms with Crippen molar-refractivity contribution in [1.29, 1.82) is 0 Å². The summed E-state index contributed by atoms with van der Waals surface area (Å²) in [5, 5.41) is 23.2. The normalized spacial score (nSPS) is 12.7. The van der Waals surface area contributed by atoms with Gasteiger partial charge in [0.15, 0.2) is 0 Å². The van der Waals surface area contributed by atoms with Crippen molar-refractivity contribution < 1.29 is 24.5 Å². The Balaban J connectivity index is 3.40. The van der Waals surface area contributed by atoms with Crippen LogP contribution in [0.15, 0.2) is 24.3 Å². The largest absolute Gasteiger partial charge is 0.466 e. The Hall–Kier alpha value is -1.66. The van der Waals surface area contributed by atoms with Crippen LogP contribution in [0.5, 0.6) is 0 Å². The van der Waals surface area contributed by atoms with Gasteiger partial charge in [0.05, 0.1) is 25.4 Å². The monoisotopic (exact) mass is 1000 g/mol. The molecule has 0 bridgehead atoms. The molecule has 0 radical (unpaired) electrons. The first-order valence-electron chi connectivity index (χ1n) is 32.1. The molecule has 420 valence electrons. The lowest BCUT2D eigenvalue weighted by Crippen LogP contribution is -2.45. The van der Waals surface area contributed by atoms with E-state index >= 15 is 0 Å².